The number of aromatic nitrogens is 2. The van der Waals surface area contributed by atoms with Gasteiger partial charge in [0.05, 0.1) is 0 Å². The Labute approximate surface area is 82.4 Å². The van der Waals surface area contributed by atoms with E-state index in [-0.39, 0.29) is 12.6 Å². The van der Waals surface area contributed by atoms with Crippen LogP contribution in [0.3, 0.4) is 0 Å². The molecule has 1 unspecified atom stereocenters. The van der Waals surface area contributed by atoms with E-state index in [1.807, 2.05) is 13.0 Å². The van der Waals surface area contributed by atoms with E-state index >= 15 is 0 Å². The van der Waals surface area contributed by atoms with Gasteiger partial charge in [-0.2, -0.15) is 5.26 Å². The number of nitriles is 1. The smallest absolute Gasteiger partial charge is 0.224 e. The normalized spacial score (nSPS) is 11.8. The van der Waals surface area contributed by atoms with Crippen molar-refractivity contribution in [2.24, 2.45) is 0 Å². The van der Waals surface area contributed by atoms with Gasteiger partial charge in [-0.15, -0.1) is 0 Å². The molecule has 0 spiro atoms. The van der Waals surface area contributed by atoms with Crippen LogP contribution in [0, 0.1) is 11.3 Å². The van der Waals surface area contributed by atoms with Gasteiger partial charge in [0.25, 0.3) is 0 Å². The van der Waals surface area contributed by atoms with Crippen molar-refractivity contribution in [3.05, 3.63) is 18.0 Å². The van der Waals surface area contributed by atoms with E-state index in [1.54, 1.807) is 6.07 Å². The summed E-state index contributed by atoms with van der Waals surface area (Å²) in [7, 11) is 0. The minimum Gasteiger partial charge on any atom is -0.396 e. The average molecular weight is 192 g/mol. The third kappa shape index (κ3) is 2.99. The van der Waals surface area contributed by atoms with Crippen LogP contribution in [0.15, 0.2) is 12.3 Å². The van der Waals surface area contributed by atoms with Gasteiger partial charge in [-0.1, -0.05) is 0 Å². The molecule has 5 heteroatoms. The summed E-state index contributed by atoms with van der Waals surface area (Å²) in [5, 5.41) is 20.3. The van der Waals surface area contributed by atoms with E-state index in [2.05, 4.69) is 15.3 Å². The Morgan fingerprint density at radius 1 is 1.71 bits per heavy atom. The molecule has 0 fully saturated rings. The molecule has 74 valence electrons. The number of nitrogens with zero attached hydrogens (tertiary/aromatic N) is 3. The second-order valence-electron chi connectivity index (χ2n) is 2.93. The maximum absolute atomic E-state index is 8.68. The van der Waals surface area contributed by atoms with Crippen molar-refractivity contribution in [3.8, 4) is 6.07 Å². The molecular weight excluding hydrogens is 180 g/mol. The summed E-state index contributed by atoms with van der Waals surface area (Å²) < 4.78 is 0. The van der Waals surface area contributed by atoms with Gasteiger partial charge in [-0.05, 0) is 19.4 Å². The fourth-order valence-electron chi connectivity index (χ4n) is 0.977. The highest BCUT2D eigenvalue weighted by Gasteiger charge is 2.03. The molecule has 0 radical (unpaired) electrons. The molecule has 0 saturated heterocycles. The number of rotatable bonds is 4. The zero-order valence-corrected chi connectivity index (χ0v) is 7.94. The first-order chi connectivity index (χ1) is 6.76. The molecule has 1 atom stereocenters. The average Bonchev–Trinajstić information content (AvgIpc) is 2.18. The number of hydrogen-bond acceptors (Lipinski definition) is 5. The van der Waals surface area contributed by atoms with Crippen molar-refractivity contribution in [1.29, 1.82) is 5.26 Å². The predicted octanol–water partition coefficient (Wildman–Crippen LogP) is 0.531. The van der Waals surface area contributed by atoms with Gasteiger partial charge in [-0.25, -0.2) is 9.97 Å². The van der Waals surface area contributed by atoms with Crippen LogP contribution in [0.1, 0.15) is 19.0 Å². The van der Waals surface area contributed by atoms with Crippen molar-refractivity contribution in [3.63, 3.8) is 0 Å². The number of nitrogens with one attached hydrogen (secondary N) is 1. The molecule has 5 nitrogen and oxygen atoms in total. The highest BCUT2D eigenvalue weighted by molar-refractivity contribution is 5.30. The first-order valence-corrected chi connectivity index (χ1v) is 4.37. The van der Waals surface area contributed by atoms with Crippen molar-refractivity contribution < 1.29 is 5.11 Å². The Morgan fingerprint density at radius 2 is 2.50 bits per heavy atom. The molecule has 2 N–H and O–H groups in total. The second kappa shape index (κ2) is 5.14. The van der Waals surface area contributed by atoms with Gasteiger partial charge in [0.15, 0.2) is 0 Å². The highest BCUT2D eigenvalue weighted by Crippen LogP contribution is 2.02. The number of anilines is 1. The van der Waals surface area contributed by atoms with Crippen molar-refractivity contribution >= 4 is 5.95 Å². The first-order valence-electron chi connectivity index (χ1n) is 4.37. The van der Waals surface area contributed by atoms with Crippen LogP contribution in [-0.2, 0) is 0 Å². The van der Waals surface area contributed by atoms with Crippen LogP contribution in [0.25, 0.3) is 0 Å². The lowest BCUT2D eigenvalue weighted by Crippen LogP contribution is -2.18. The molecule has 1 aromatic rings. The minimum absolute atomic E-state index is 0.0916. The summed E-state index contributed by atoms with van der Waals surface area (Å²) >= 11 is 0. The van der Waals surface area contributed by atoms with Crippen LogP contribution in [-0.4, -0.2) is 27.7 Å². The Bertz CT molecular complexity index is 334. The second-order valence-corrected chi connectivity index (χ2v) is 2.93. The van der Waals surface area contributed by atoms with E-state index in [1.165, 1.54) is 6.20 Å². The summed E-state index contributed by atoms with van der Waals surface area (Å²) in [5.74, 6) is 0.421. The van der Waals surface area contributed by atoms with E-state index in [9.17, 15) is 0 Å². The van der Waals surface area contributed by atoms with Gasteiger partial charge < -0.3 is 10.4 Å². The Balaban J connectivity index is 2.63. The number of aliphatic hydroxyl groups is 1. The maximum atomic E-state index is 8.68. The molecule has 0 amide bonds. The van der Waals surface area contributed by atoms with E-state index in [0.29, 0.717) is 18.1 Å². The van der Waals surface area contributed by atoms with Crippen LogP contribution in [0.4, 0.5) is 5.95 Å². The topological polar surface area (TPSA) is 81.8 Å². The zero-order chi connectivity index (χ0) is 10.4. The summed E-state index contributed by atoms with van der Waals surface area (Å²) in [6.07, 6.45) is 2.15. The molecule has 0 bridgehead atoms. The van der Waals surface area contributed by atoms with Gasteiger partial charge in [0.2, 0.25) is 5.95 Å². The standard InChI is InChI=1S/C9H12N4O/c1-7(3-5-14)12-9-11-4-2-8(6-10)13-9/h2,4,7,14H,3,5H2,1H3,(H,11,12,13). The summed E-state index contributed by atoms with van der Waals surface area (Å²) in [6, 6.07) is 3.57. The van der Waals surface area contributed by atoms with Gasteiger partial charge in [0, 0.05) is 18.8 Å². The summed E-state index contributed by atoms with van der Waals surface area (Å²) in [6.45, 7) is 2.03. The van der Waals surface area contributed by atoms with E-state index in [4.69, 9.17) is 10.4 Å². The van der Waals surface area contributed by atoms with Crippen molar-refractivity contribution in [1.82, 2.24) is 9.97 Å². The Hall–Kier alpha value is -1.67. The largest absolute Gasteiger partial charge is 0.396 e. The highest BCUT2D eigenvalue weighted by atomic mass is 16.3. The molecule has 1 heterocycles. The Morgan fingerprint density at radius 3 is 3.14 bits per heavy atom. The molecule has 1 aromatic heterocycles. The molecule has 0 aromatic carbocycles. The molecule has 14 heavy (non-hydrogen) atoms. The molecular formula is C9H12N4O. The van der Waals surface area contributed by atoms with E-state index < -0.39 is 0 Å². The van der Waals surface area contributed by atoms with Gasteiger partial charge in [0.1, 0.15) is 11.8 Å². The Kier molecular flexibility index (Phi) is 3.83. The number of aliphatic hydroxyl groups excluding tert-OH is 1. The van der Waals surface area contributed by atoms with Crippen molar-refractivity contribution in [2.75, 3.05) is 11.9 Å². The third-order valence-electron chi connectivity index (χ3n) is 1.71. The third-order valence-corrected chi connectivity index (χ3v) is 1.71. The molecule has 1 rings (SSSR count). The lowest BCUT2D eigenvalue weighted by atomic mass is 10.2. The lowest BCUT2D eigenvalue weighted by molar-refractivity contribution is 0.282. The zero-order valence-electron chi connectivity index (χ0n) is 7.94. The van der Waals surface area contributed by atoms with Gasteiger partial charge >= 0.3 is 0 Å². The summed E-state index contributed by atoms with van der Waals surface area (Å²) in [4.78, 5) is 7.90. The van der Waals surface area contributed by atoms with Gasteiger partial charge in [-0.3, -0.25) is 0 Å². The summed E-state index contributed by atoms with van der Waals surface area (Å²) in [5.41, 5.74) is 0.332. The quantitative estimate of drug-likeness (QED) is 0.727. The first kappa shape index (κ1) is 10.4. The number of hydrogen-bond donors (Lipinski definition) is 2. The molecule has 0 aliphatic carbocycles. The van der Waals surface area contributed by atoms with Crippen LogP contribution >= 0.6 is 0 Å². The fraction of sp³-hybridized carbons (Fsp3) is 0.444. The van der Waals surface area contributed by atoms with Crippen LogP contribution in [0.2, 0.25) is 0 Å². The van der Waals surface area contributed by atoms with Crippen LogP contribution < -0.4 is 5.32 Å². The van der Waals surface area contributed by atoms with E-state index in [0.717, 1.165) is 0 Å². The minimum atomic E-state index is 0.0916. The molecule has 0 aliphatic heterocycles. The lowest BCUT2D eigenvalue weighted by Gasteiger charge is -2.11. The SMILES string of the molecule is CC(CCO)Nc1nccc(C#N)n1. The molecule has 0 saturated carbocycles. The molecule has 0 aliphatic rings. The fourth-order valence-corrected chi connectivity index (χ4v) is 0.977. The van der Waals surface area contributed by atoms with Crippen molar-refractivity contribution in [2.45, 2.75) is 19.4 Å². The monoisotopic (exact) mass is 192 g/mol. The van der Waals surface area contributed by atoms with Crippen LogP contribution in [0.5, 0.6) is 0 Å². The predicted molar refractivity (Wildman–Crippen MR) is 51.5 cm³/mol. The maximum Gasteiger partial charge on any atom is 0.224 e.